The van der Waals surface area contributed by atoms with Crippen LogP contribution in [0, 0.1) is 11.8 Å². The Kier molecular flexibility index (Phi) is 17.4. The third-order valence-electron chi connectivity index (χ3n) is 4.59. The van der Waals surface area contributed by atoms with Gasteiger partial charge in [-0.3, -0.25) is 19.2 Å². The van der Waals surface area contributed by atoms with E-state index < -0.39 is 42.1 Å². The first-order valence-electron chi connectivity index (χ1n) is 11.6. The van der Waals surface area contributed by atoms with Crippen LogP contribution in [0.4, 0.5) is 0 Å². The molecule has 0 radical (unpaired) electrons. The van der Waals surface area contributed by atoms with Gasteiger partial charge >= 0.3 is 23.9 Å². The highest BCUT2D eigenvalue weighted by Gasteiger charge is 2.44. The summed E-state index contributed by atoms with van der Waals surface area (Å²) >= 11 is 0. The second-order valence-electron chi connectivity index (χ2n) is 7.43. The Labute approximate surface area is 186 Å². The van der Waals surface area contributed by atoms with Crippen LogP contribution in [0.5, 0.6) is 0 Å². The molecule has 0 saturated heterocycles. The SMILES string of the molecule is CCCCOC(=O)CC(C(=O)OCCCC)C(C(=O)OCCCC)C(=O)OCCCC. The molecule has 31 heavy (non-hydrogen) atoms. The fourth-order valence-electron chi connectivity index (χ4n) is 2.57. The first-order valence-corrected chi connectivity index (χ1v) is 11.6. The number of ether oxygens (including phenoxy) is 4. The average Bonchev–Trinajstić information content (AvgIpc) is 2.74. The molecule has 0 heterocycles. The van der Waals surface area contributed by atoms with E-state index in [2.05, 4.69) is 0 Å². The average molecular weight is 445 g/mol. The first-order chi connectivity index (χ1) is 14.9. The molecule has 0 aromatic rings. The molecule has 8 nitrogen and oxygen atoms in total. The molecule has 0 aliphatic heterocycles. The maximum Gasteiger partial charge on any atom is 0.321 e. The molecule has 0 aliphatic rings. The van der Waals surface area contributed by atoms with Crippen molar-refractivity contribution in [1.82, 2.24) is 0 Å². The molecular formula is C23H40O8. The van der Waals surface area contributed by atoms with Crippen molar-refractivity contribution >= 4 is 23.9 Å². The summed E-state index contributed by atoms with van der Waals surface area (Å²) in [7, 11) is 0. The molecular weight excluding hydrogens is 404 g/mol. The highest BCUT2D eigenvalue weighted by Crippen LogP contribution is 2.23. The van der Waals surface area contributed by atoms with E-state index in [1.54, 1.807) is 0 Å². The number of carbonyl (C=O) groups excluding carboxylic acids is 4. The van der Waals surface area contributed by atoms with Gasteiger partial charge in [-0.05, 0) is 25.7 Å². The summed E-state index contributed by atoms with van der Waals surface area (Å²) in [5.74, 6) is -6.15. The van der Waals surface area contributed by atoms with Gasteiger partial charge in [-0.25, -0.2) is 0 Å². The van der Waals surface area contributed by atoms with Gasteiger partial charge in [0, 0.05) is 0 Å². The summed E-state index contributed by atoms with van der Waals surface area (Å²) in [6.07, 6.45) is 5.33. The van der Waals surface area contributed by atoms with Crippen LogP contribution in [-0.2, 0) is 38.1 Å². The van der Waals surface area contributed by atoms with Crippen molar-refractivity contribution < 1.29 is 38.1 Å². The van der Waals surface area contributed by atoms with Crippen LogP contribution in [0.2, 0.25) is 0 Å². The van der Waals surface area contributed by atoms with Crippen molar-refractivity contribution in [3.05, 3.63) is 0 Å². The highest BCUT2D eigenvalue weighted by molar-refractivity contribution is 6.00. The minimum Gasteiger partial charge on any atom is -0.466 e. The zero-order valence-corrected chi connectivity index (χ0v) is 19.6. The number of carbonyl (C=O) groups is 4. The van der Waals surface area contributed by atoms with Crippen LogP contribution < -0.4 is 0 Å². The van der Waals surface area contributed by atoms with Crippen molar-refractivity contribution in [2.75, 3.05) is 26.4 Å². The van der Waals surface area contributed by atoms with Gasteiger partial charge in [-0.1, -0.05) is 53.4 Å². The van der Waals surface area contributed by atoms with Gasteiger partial charge in [0.15, 0.2) is 5.92 Å². The number of rotatable bonds is 18. The van der Waals surface area contributed by atoms with Gasteiger partial charge in [0.1, 0.15) is 0 Å². The zero-order valence-electron chi connectivity index (χ0n) is 19.6. The standard InChI is InChI=1S/C23H40O8/c1-5-9-13-28-19(24)17-18(21(25)29-14-10-6-2)20(22(26)30-15-11-7-3)23(27)31-16-12-8-4/h18,20H,5-17H2,1-4H3. The lowest BCUT2D eigenvalue weighted by atomic mass is 9.89. The fourth-order valence-corrected chi connectivity index (χ4v) is 2.57. The number of esters is 4. The summed E-state index contributed by atoms with van der Waals surface area (Å²) < 4.78 is 20.8. The van der Waals surface area contributed by atoms with Gasteiger partial charge in [0.2, 0.25) is 0 Å². The van der Waals surface area contributed by atoms with Crippen LogP contribution in [0.3, 0.4) is 0 Å². The summed E-state index contributed by atoms with van der Waals surface area (Å²) in [5.41, 5.74) is 0. The van der Waals surface area contributed by atoms with E-state index >= 15 is 0 Å². The quantitative estimate of drug-likeness (QED) is 0.135. The molecule has 1 unspecified atom stereocenters. The largest absolute Gasteiger partial charge is 0.466 e. The topological polar surface area (TPSA) is 105 Å². The molecule has 0 saturated carbocycles. The molecule has 8 heteroatoms. The normalized spacial score (nSPS) is 11.6. The second kappa shape index (κ2) is 18.6. The zero-order chi connectivity index (χ0) is 23.5. The molecule has 0 amide bonds. The van der Waals surface area contributed by atoms with Crippen molar-refractivity contribution in [3.63, 3.8) is 0 Å². The molecule has 1 atom stereocenters. The molecule has 0 aromatic heterocycles. The minimum absolute atomic E-state index is 0.118. The van der Waals surface area contributed by atoms with E-state index in [-0.39, 0.29) is 26.4 Å². The van der Waals surface area contributed by atoms with E-state index in [1.165, 1.54) is 0 Å². The van der Waals surface area contributed by atoms with Gasteiger partial charge in [-0.2, -0.15) is 0 Å². The van der Waals surface area contributed by atoms with Crippen LogP contribution >= 0.6 is 0 Å². The van der Waals surface area contributed by atoms with E-state index in [0.717, 1.165) is 25.7 Å². The Balaban J connectivity index is 5.56. The molecule has 0 aromatic carbocycles. The van der Waals surface area contributed by atoms with E-state index in [4.69, 9.17) is 18.9 Å². The number of hydrogen-bond donors (Lipinski definition) is 0. The molecule has 0 rings (SSSR count). The van der Waals surface area contributed by atoms with Gasteiger partial charge < -0.3 is 18.9 Å². The van der Waals surface area contributed by atoms with Crippen LogP contribution in [-0.4, -0.2) is 50.3 Å². The Morgan fingerprint density at radius 2 is 0.903 bits per heavy atom. The maximum absolute atomic E-state index is 12.7. The maximum atomic E-state index is 12.7. The van der Waals surface area contributed by atoms with E-state index in [0.29, 0.717) is 25.7 Å². The van der Waals surface area contributed by atoms with Gasteiger partial charge in [0.25, 0.3) is 0 Å². The summed E-state index contributed by atoms with van der Waals surface area (Å²) in [5, 5.41) is 0. The van der Waals surface area contributed by atoms with Crippen LogP contribution in [0.25, 0.3) is 0 Å². The number of hydrogen-bond acceptors (Lipinski definition) is 8. The monoisotopic (exact) mass is 444 g/mol. The first kappa shape index (κ1) is 28.9. The molecule has 180 valence electrons. The molecule has 0 bridgehead atoms. The van der Waals surface area contributed by atoms with Crippen LogP contribution in [0.15, 0.2) is 0 Å². The Morgan fingerprint density at radius 1 is 0.548 bits per heavy atom. The lowest BCUT2D eigenvalue weighted by molar-refractivity contribution is -0.173. The Morgan fingerprint density at radius 3 is 1.29 bits per heavy atom. The van der Waals surface area contributed by atoms with Crippen molar-refractivity contribution in [3.8, 4) is 0 Å². The van der Waals surface area contributed by atoms with Gasteiger partial charge in [0.05, 0.1) is 38.8 Å². The van der Waals surface area contributed by atoms with E-state index in [1.807, 2.05) is 27.7 Å². The lowest BCUT2D eigenvalue weighted by Gasteiger charge is -2.23. The minimum atomic E-state index is -1.57. The Hall–Kier alpha value is -2.12. The third-order valence-corrected chi connectivity index (χ3v) is 4.59. The third kappa shape index (κ3) is 13.0. The summed E-state index contributed by atoms with van der Waals surface area (Å²) in [4.78, 5) is 50.5. The van der Waals surface area contributed by atoms with Gasteiger partial charge in [-0.15, -0.1) is 0 Å². The summed E-state index contributed by atoms with van der Waals surface area (Å²) in [6, 6.07) is 0. The van der Waals surface area contributed by atoms with Crippen molar-refractivity contribution in [2.45, 2.75) is 85.5 Å². The van der Waals surface area contributed by atoms with Crippen molar-refractivity contribution in [1.29, 1.82) is 0 Å². The van der Waals surface area contributed by atoms with E-state index in [9.17, 15) is 19.2 Å². The lowest BCUT2D eigenvalue weighted by Crippen LogP contribution is -2.40. The smallest absolute Gasteiger partial charge is 0.321 e. The predicted octanol–water partition coefficient (Wildman–Crippen LogP) is 3.98. The second-order valence-corrected chi connectivity index (χ2v) is 7.43. The Bertz CT molecular complexity index is 510. The highest BCUT2D eigenvalue weighted by atomic mass is 16.6. The predicted molar refractivity (Wildman–Crippen MR) is 115 cm³/mol. The number of unbranched alkanes of at least 4 members (excludes halogenated alkanes) is 4. The fraction of sp³-hybridized carbons (Fsp3) is 0.826. The molecule has 0 aliphatic carbocycles. The van der Waals surface area contributed by atoms with Crippen molar-refractivity contribution in [2.24, 2.45) is 11.8 Å². The van der Waals surface area contributed by atoms with Crippen LogP contribution in [0.1, 0.15) is 85.5 Å². The molecule has 0 fully saturated rings. The molecule has 0 N–H and O–H groups in total. The molecule has 0 spiro atoms. The summed E-state index contributed by atoms with van der Waals surface area (Å²) in [6.45, 7) is 8.35.